The van der Waals surface area contributed by atoms with Crippen molar-refractivity contribution in [3.63, 3.8) is 0 Å². The molecule has 29 heavy (non-hydrogen) atoms. The van der Waals surface area contributed by atoms with Crippen LogP contribution in [0, 0.1) is 0 Å². The van der Waals surface area contributed by atoms with Crippen LogP contribution in [0.2, 0.25) is 0 Å². The highest BCUT2D eigenvalue weighted by atomic mass is 32.1. The Kier molecular flexibility index (Phi) is 6.56. The van der Waals surface area contributed by atoms with Crippen LogP contribution < -0.4 is 4.74 Å². The number of rotatable bonds is 8. The van der Waals surface area contributed by atoms with E-state index in [1.807, 2.05) is 31.2 Å². The standard InChI is InChI=1S/C21H20N2O5S/c1-14(21-22-16-8-4-6-10-18(16)29-21)23(2)19(25)12-28-20(26)13-27-17-9-5-3-7-15(17)11-24/h3-11,14H,12-13H2,1-2H3/t14-/m0/s1. The summed E-state index contributed by atoms with van der Waals surface area (Å²) in [6, 6.07) is 14.1. The first-order valence-electron chi connectivity index (χ1n) is 8.93. The number of thiazole rings is 1. The fourth-order valence-electron chi connectivity index (χ4n) is 2.58. The van der Waals surface area contributed by atoms with Crippen molar-refractivity contribution in [2.45, 2.75) is 13.0 Å². The maximum absolute atomic E-state index is 12.4. The molecule has 1 aromatic heterocycles. The molecule has 0 aliphatic carbocycles. The molecule has 0 bridgehead atoms. The molecule has 0 N–H and O–H groups in total. The molecule has 2 aromatic carbocycles. The van der Waals surface area contributed by atoms with E-state index in [2.05, 4.69) is 4.98 Å². The molecule has 1 atom stereocenters. The Hall–Kier alpha value is -3.26. The Bertz CT molecular complexity index is 1000. The Balaban J connectivity index is 1.51. The summed E-state index contributed by atoms with van der Waals surface area (Å²) in [7, 11) is 1.64. The van der Waals surface area contributed by atoms with Crippen molar-refractivity contribution in [2.24, 2.45) is 0 Å². The van der Waals surface area contributed by atoms with Crippen molar-refractivity contribution in [3.05, 3.63) is 59.1 Å². The highest BCUT2D eigenvalue weighted by Gasteiger charge is 2.22. The number of ether oxygens (including phenoxy) is 2. The predicted octanol–water partition coefficient (Wildman–Crippen LogP) is 3.25. The first-order valence-corrected chi connectivity index (χ1v) is 9.75. The van der Waals surface area contributed by atoms with E-state index < -0.39 is 19.2 Å². The van der Waals surface area contributed by atoms with Crippen LogP contribution in [0.5, 0.6) is 5.75 Å². The lowest BCUT2D eigenvalue weighted by molar-refractivity contribution is -0.153. The highest BCUT2D eigenvalue weighted by molar-refractivity contribution is 7.18. The van der Waals surface area contributed by atoms with Crippen molar-refractivity contribution in [1.82, 2.24) is 9.88 Å². The molecule has 7 nitrogen and oxygen atoms in total. The zero-order chi connectivity index (χ0) is 20.8. The van der Waals surface area contributed by atoms with Gasteiger partial charge in [0.15, 0.2) is 19.5 Å². The summed E-state index contributed by atoms with van der Waals surface area (Å²) in [6.07, 6.45) is 0.641. The number of carbonyl (C=O) groups excluding carboxylic acids is 3. The lowest BCUT2D eigenvalue weighted by Crippen LogP contribution is -2.34. The van der Waals surface area contributed by atoms with Gasteiger partial charge in [-0.2, -0.15) is 0 Å². The van der Waals surface area contributed by atoms with Gasteiger partial charge in [0.2, 0.25) is 0 Å². The third-order valence-electron chi connectivity index (χ3n) is 4.39. The van der Waals surface area contributed by atoms with Gasteiger partial charge in [-0.25, -0.2) is 9.78 Å². The molecular weight excluding hydrogens is 392 g/mol. The Labute approximate surface area is 171 Å². The van der Waals surface area contributed by atoms with Crippen LogP contribution >= 0.6 is 11.3 Å². The summed E-state index contributed by atoms with van der Waals surface area (Å²) in [4.78, 5) is 41.3. The number of amides is 1. The summed E-state index contributed by atoms with van der Waals surface area (Å²) >= 11 is 1.52. The van der Waals surface area contributed by atoms with Crippen LogP contribution in [0.15, 0.2) is 48.5 Å². The van der Waals surface area contributed by atoms with Gasteiger partial charge in [-0.05, 0) is 31.2 Å². The maximum atomic E-state index is 12.4. The van der Waals surface area contributed by atoms with Gasteiger partial charge in [-0.1, -0.05) is 24.3 Å². The monoisotopic (exact) mass is 412 g/mol. The predicted molar refractivity (Wildman–Crippen MR) is 109 cm³/mol. The number of nitrogens with zero attached hydrogens (tertiary/aromatic N) is 2. The van der Waals surface area contributed by atoms with Crippen molar-refractivity contribution >= 4 is 39.7 Å². The Morgan fingerprint density at radius 3 is 2.62 bits per heavy atom. The summed E-state index contributed by atoms with van der Waals surface area (Å²) in [5.74, 6) is -0.758. The molecule has 0 fully saturated rings. The lowest BCUT2D eigenvalue weighted by Gasteiger charge is -2.23. The second-order valence-corrected chi connectivity index (χ2v) is 7.37. The first-order chi connectivity index (χ1) is 14.0. The zero-order valence-corrected chi connectivity index (χ0v) is 16.8. The Morgan fingerprint density at radius 2 is 1.86 bits per heavy atom. The topological polar surface area (TPSA) is 85.8 Å². The van der Waals surface area contributed by atoms with Crippen LogP contribution in [0.3, 0.4) is 0 Å². The third-order valence-corrected chi connectivity index (χ3v) is 5.60. The Morgan fingerprint density at radius 1 is 1.14 bits per heavy atom. The van der Waals surface area contributed by atoms with Gasteiger partial charge < -0.3 is 14.4 Å². The van der Waals surface area contributed by atoms with Crippen LogP contribution in [0.1, 0.15) is 28.3 Å². The van der Waals surface area contributed by atoms with Crippen LogP contribution in [0.25, 0.3) is 10.2 Å². The number of esters is 1. The van der Waals surface area contributed by atoms with Crippen molar-refractivity contribution < 1.29 is 23.9 Å². The number of likely N-dealkylation sites (N-methyl/N-ethyl adjacent to an activating group) is 1. The molecule has 0 saturated carbocycles. The van der Waals surface area contributed by atoms with Gasteiger partial charge in [0, 0.05) is 7.05 Å². The fraction of sp³-hybridized carbons (Fsp3) is 0.238. The molecule has 150 valence electrons. The summed E-state index contributed by atoms with van der Waals surface area (Å²) in [5.41, 5.74) is 1.22. The smallest absolute Gasteiger partial charge is 0.344 e. The summed E-state index contributed by atoms with van der Waals surface area (Å²) < 4.78 is 11.3. The van der Waals surface area contributed by atoms with E-state index in [4.69, 9.17) is 9.47 Å². The second-order valence-electron chi connectivity index (χ2n) is 6.31. The van der Waals surface area contributed by atoms with Crippen molar-refractivity contribution in [1.29, 1.82) is 0 Å². The summed E-state index contributed by atoms with van der Waals surface area (Å²) in [5, 5.41) is 0.808. The number of fused-ring (bicyclic) bond motifs is 1. The van der Waals surface area contributed by atoms with E-state index in [-0.39, 0.29) is 17.7 Å². The molecule has 8 heteroatoms. The SMILES string of the molecule is C[C@@H](c1nc2ccccc2s1)N(C)C(=O)COC(=O)COc1ccccc1C=O. The first kappa shape index (κ1) is 20.5. The molecule has 0 unspecified atom stereocenters. The molecular formula is C21H20N2O5S. The van der Waals surface area contributed by atoms with Crippen LogP contribution in [0.4, 0.5) is 0 Å². The molecule has 0 aliphatic rings. The van der Waals surface area contributed by atoms with E-state index in [0.717, 1.165) is 15.2 Å². The van der Waals surface area contributed by atoms with Crippen LogP contribution in [-0.4, -0.2) is 48.3 Å². The number of aldehydes is 1. The molecule has 1 heterocycles. The largest absolute Gasteiger partial charge is 0.481 e. The second kappa shape index (κ2) is 9.29. The number of hydrogen-bond acceptors (Lipinski definition) is 7. The molecule has 0 radical (unpaired) electrons. The fourth-order valence-corrected chi connectivity index (χ4v) is 3.64. The van der Waals surface area contributed by atoms with Crippen LogP contribution in [-0.2, 0) is 14.3 Å². The molecule has 0 saturated heterocycles. The van der Waals surface area contributed by atoms with Gasteiger partial charge in [0.05, 0.1) is 21.8 Å². The minimum Gasteiger partial charge on any atom is -0.481 e. The minimum atomic E-state index is -0.694. The lowest BCUT2D eigenvalue weighted by atomic mass is 10.2. The highest BCUT2D eigenvalue weighted by Crippen LogP contribution is 2.28. The number of carbonyl (C=O) groups is 3. The van der Waals surface area contributed by atoms with Gasteiger partial charge in [-0.3, -0.25) is 9.59 Å². The number of aromatic nitrogens is 1. The van der Waals surface area contributed by atoms with E-state index >= 15 is 0 Å². The van der Waals surface area contributed by atoms with Gasteiger partial charge in [-0.15, -0.1) is 11.3 Å². The van der Waals surface area contributed by atoms with E-state index in [1.165, 1.54) is 16.2 Å². The molecule has 1 amide bonds. The quantitative estimate of drug-likeness (QED) is 0.417. The normalized spacial score (nSPS) is 11.7. The maximum Gasteiger partial charge on any atom is 0.344 e. The van der Waals surface area contributed by atoms with Gasteiger partial charge >= 0.3 is 5.97 Å². The van der Waals surface area contributed by atoms with Gasteiger partial charge in [0.25, 0.3) is 5.91 Å². The van der Waals surface area contributed by atoms with Crippen molar-refractivity contribution in [3.8, 4) is 5.75 Å². The summed E-state index contributed by atoms with van der Waals surface area (Å²) in [6.45, 7) is 1.08. The number of benzene rings is 2. The molecule has 0 spiro atoms. The molecule has 3 rings (SSSR count). The molecule has 0 aliphatic heterocycles. The third kappa shape index (κ3) is 4.97. The van der Waals surface area contributed by atoms with Gasteiger partial charge in [0.1, 0.15) is 10.8 Å². The molecule has 3 aromatic rings. The average Bonchev–Trinajstić information content (AvgIpc) is 3.19. The number of para-hydroxylation sites is 2. The van der Waals surface area contributed by atoms with Crippen molar-refractivity contribution in [2.75, 3.05) is 20.3 Å². The minimum absolute atomic E-state index is 0.255. The van der Waals surface area contributed by atoms with E-state index in [9.17, 15) is 14.4 Å². The zero-order valence-electron chi connectivity index (χ0n) is 16.0. The number of hydrogen-bond donors (Lipinski definition) is 0. The van der Waals surface area contributed by atoms with E-state index in [0.29, 0.717) is 11.8 Å². The van der Waals surface area contributed by atoms with E-state index in [1.54, 1.807) is 31.3 Å². The average molecular weight is 412 g/mol.